The molecule has 0 fully saturated rings. The van der Waals surface area contributed by atoms with Crippen LogP contribution in [-0.4, -0.2) is 31.6 Å². The molecule has 0 radical (unpaired) electrons. The third-order valence-corrected chi connectivity index (χ3v) is 4.96. The van der Waals surface area contributed by atoms with Crippen molar-refractivity contribution in [2.24, 2.45) is 4.99 Å². The molecular weight excluding hydrogens is 434 g/mol. The number of ether oxygens (including phenoxy) is 4. The Morgan fingerprint density at radius 3 is 2.62 bits per heavy atom. The maximum atomic E-state index is 12.6. The van der Waals surface area contributed by atoms with E-state index >= 15 is 0 Å². The van der Waals surface area contributed by atoms with Crippen molar-refractivity contribution in [1.82, 2.24) is 0 Å². The Morgan fingerprint density at radius 1 is 1.03 bits per heavy atom. The zero-order valence-corrected chi connectivity index (χ0v) is 19.0. The third kappa shape index (κ3) is 5.15. The van der Waals surface area contributed by atoms with E-state index in [1.54, 1.807) is 73.8 Å². The zero-order chi connectivity index (χ0) is 24.1. The van der Waals surface area contributed by atoms with Crippen LogP contribution < -0.4 is 14.2 Å². The van der Waals surface area contributed by atoms with Crippen LogP contribution in [0.25, 0.3) is 6.08 Å². The summed E-state index contributed by atoms with van der Waals surface area (Å²) in [4.78, 5) is 29.3. The zero-order valence-electron chi connectivity index (χ0n) is 19.0. The lowest BCUT2D eigenvalue weighted by Crippen LogP contribution is -2.10. The second-order valence-corrected chi connectivity index (χ2v) is 7.47. The minimum atomic E-state index is -0.564. The summed E-state index contributed by atoms with van der Waals surface area (Å²) in [6.45, 7) is 4.10. The van der Waals surface area contributed by atoms with Gasteiger partial charge in [-0.25, -0.2) is 14.6 Å². The molecule has 0 saturated carbocycles. The van der Waals surface area contributed by atoms with E-state index in [4.69, 9.17) is 18.9 Å². The summed E-state index contributed by atoms with van der Waals surface area (Å²) >= 11 is 0. The van der Waals surface area contributed by atoms with Gasteiger partial charge < -0.3 is 18.9 Å². The first-order valence-corrected chi connectivity index (χ1v) is 10.7. The summed E-state index contributed by atoms with van der Waals surface area (Å²) in [7, 11) is 1.56. The van der Waals surface area contributed by atoms with Gasteiger partial charge in [0.2, 0.25) is 5.90 Å². The number of hydrogen-bond donors (Lipinski definition) is 0. The van der Waals surface area contributed by atoms with Gasteiger partial charge in [0.1, 0.15) is 5.75 Å². The second kappa shape index (κ2) is 10.0. The van der Waals surface area contributed by atoms with Gasteiger partial charge in [-0.3, -0.25) is 0 Å². The monoisotopic (exact) mass is 457 g/mol. The standard InChI is InChI=1S/C27H23NO6/c1-4-32-24-15-18(11-12-23(24)33-26(29)20-9-5-7-17(2)13-20)14-22-27(30)34-25(28-22)19-8-6-10-21(16-19)31-3/h5-16H,4H2,1-3H3. The molecule has 3 aromatic rings. The molecule has 7 nitrogen and oxygen atoms in total. The number of carbonyl (C=O) groups is 2. The van der Waals surface area contributed by atoms with Crippen molar-refractivity contribution >= 4 is 23.9 Å². The lowest BCUT2D eigenvalue weighted by atomic mass is 10.1. The quantitative estimate of drug-likeness (QED) is 0.283. The lowest BCUT2D eigenvalue weighted by molar-refractivity contribution is -0.129. The number of cyclic esters (lactones) is 1. The summed E-state index contributed by atoms with van der Waals surface area (Å²) in [6, 6.07) is 19.3. The van der Waals surface area contributed by atoms with E-state index < -0.39 is 11.9 Å². The van der Waals surface area contributed by atoms with Crippen molar-refractivity contribution in [1.29, 1.82) is 0 Å². The summed E-state index contributed by atoms with van der Waals surface area (Å²) in [5.41, 5.74) is 2.82. The van der Waals surface area contributed by atoms with Crippen LogP contribution in [0.2, 0.25) is 0 Å². The van der Waals surface area contributed by atoms with Gasteiger partial charge in [-0.1, -0.05) is 29.8 Å². The molecule has 0 spiro atoms. The maximum absolute atomic E-state index is 12.6. The average Bonchev–Trinajstić information content (AvgIpc) is 3.21. The predicted molar refractivity (Wildman–Crippen MR) is 127 cm³/mol. The third-order valence-electron chi connectivity index (χ3n) is 4.96. The molecule has 1 aliphatic heterocycles. The highest BCUT2D eigenvalue weighted by atomic mass is 16.6. The number of aliphatic imine (C=N–C) groups is 1. The molecule has 1 heterocycles. The number of aryl methyl sites for hydroxylation is 1. The van der Waals surface area contributed by atoms with E-state index in [1.807, 2.05) is 19.9 Å². The number of carbonyl (C=O) groups excluding carboxylic acids is 2. The van der Waals surface area contributed by atoms with Crippen LogP contribution in [0.15, 0.2) is 77.4 Å². The summed E-state index contributed by atoms with van der Waals surface area (Å²) in [5.74, 6) is 0.439. The fourth-order valence-electron chi connectivity index (χ4n) is 3.34. The minimum absolute atomic E-state index is 0.143. The molecule has 0 atom stereocenters. The molecule has 0 amide bonds. The highest BCUT2D eigenvalue weighted by molar-refractivity contribution is 6.13. The number of methoxy groups -OCH3 is 1. The first-order valence-electron chi connectivity index (χ1n) is 10.7. The Hall–Kier alpha value is -4.39. The molecule has 0 bridgehead atoms. The van der Waals surface area contributed by atoms with Crippen LogP contribution in [0.4, 0.5) is 0 Å². The van der Waals surface area contributed by atoms with Crippen molar-refractivity contribution in [3.05, 3.63) is 94.7 Å². The molecular formula is C27H23NO6. The van der Waals surface area contributed by atoms with Gasteiger partial charge in [0, 0.05) is 5.56 Å². The summed E-state index contributed by atoms with van der Waals surface area (Å²) < 4.78 is 21.8. The number of rotatable bonds is 7. The highest BCUT2D eigenvalue weighted by Gasteiger charge is 2.24. The summed E-state index contributed by atoms with van der Waals surface area (Å²) in [5, 5.41) is 0. The minimum Gasteiger partial charge on any atom is -0.497 e. The normalized spacial score (nSPS) is 13.9. The molecule has 0 N–H and O–H groups in total. The van der Waals surface area contributed by atoms with Crippen molar-refractivity contribution in [3.8, 4) is 17.2 Å². The number of nitrogens with zero attached hydrogens (tertiary/aromatic N) is 1. The van der Waals surface area contributed by atoms with Crippen LogP contribution >= 0.6 is 0 Å². The Labute approximate surface area is 197 Å². The Bertz CT molecular complexity index is 1310. The van der Waals surface area contributed by atoms with E-state index in [2.05, 4.69) is 4.99 Å². The van der Waals surface area contributed by atoms with Crippen LogP contribution in [0, 0.1) is 6.92 Å². The van der Waals surface area contributed by atoms with Gasteiger partial charge in [-0.15, -0.1) is 0 Å². The van der Waals surface area contributed by atoms with E-state index in [9.17, 15) is 9.59 Å². The van der Waals surface area contributed by atoms with E-state index in [-0.39, 0.29) is 17.3 Å². The van der Waals surface area contributed by atoms with Gasteiger partial charge in [0.05, 0.1) is 19.3 Å². The number of benzene rings is 3. The van der Waals surface area contributed by atoms with Crippen molar-refractivity contribution in [2.75, 3.05) is 13.7 Å². The molecule has 1 aliphatic rings. The largest absolute Gasteiger partial charge is 0.497 e. The average molecular weight is 457 g/mol. The first kappa shape index (κ1) is 22.8. The van der Waals surface area contributed by atoms with Gasteiger partial charge >= 0.3 is 11.9 Å². The van der Waals surface area contributed by atoms with Gasteiger partial charge in [0.15, 0.2) is 17.2 Å². The van der Waals surface area contributed by atoms with Crippen LogP contribution in [0.5, 0.6) is 17.2 Å². The smallest absolute Gasteiger partial charge is 0.363 e. The van der Waals surface area contributed by atoms with Crippen molar-refractivity contribution < 1.29 is 28.5 Å². The van der Waals surface area contributed by atoms with Crippen LogP contribution in [0.3, 0.4) is 0 Å². The Balaban J connectivity index is 1.59. The molecule has 34 heavy (non-hydrogen) atoms. The van der Waals surface area contributed by atoms with Gasteiger partial charge in [-0.2, -0.15) is 0 Å². The van der Waals surface area contributed by atoms with E-state index in [0.717, 1.165) is 5.56 Å². The Morgan fingerprint density at radius 2 is 1.85 bits per heavy atom. The van der Waals surface area contributed by atoms with E-state index in [0.29, 0.717) is 34.8 Å². The molecule has 3 aromatic carbocycles. The highest BCUT2D eigenvalue weighted by Crippen LogP contribution is 2.31. The Kier molecular flexibility index (Phi) is 6.73. The first-order chi connectivity index (χ1) is 16.5. The predicted octanol–water partition coefficient (Wildman–Crippen LogP) is 4.97. The lowest BCUT2D eigenvalue weighted by Gasteiger charge is -2.11. The molecule has 4 rings (SSSR count). The van der Waals surface area contributed by atoms with E-state index in [1.165, 1.54) is 0 Å². The van der Waals surface area contributed by atoms with Crippen LogP contribution in [-0.2, 0) is 9.53 Å². The summed E-state index contributed by atoms with van der Waals surface area (Å²) in [6.07, 6.45) is 1.59. The molecule has 0 saturated heterocycles. The fourth-order valence-corrected chi connectivity index (χ4v) is 3.34. The molecule has 0 unspecified atom stereocenters. The molecule has 0 aromatic heterocycles. The number of hydrogen-bond acceptors (Lipinski definition) is 7. The molecule has 172 valence electrons. The van der Waals surface area contributed by atoms with Gasteiger partial charge in [0.25, 0.3) is 0 Å². The molecule has 7 heteroatoms. The van der Waals surface area contributed by atoms with Crippen LogP contribution in [0.1, 0.15) is 34.0 Å². The van der Waals surface area contributed by atoms with Crippen molar-refractivity contribution in [3.63, 3.8) is 0 Å². The maximum Gasteiger partial charge on any atom is 0.363 e. The SMILES string of the molecule is CCOc1cc(C=C2N=C(c3cccc(OC)c3)OC2=O)ccc1OC(=O)c1cccc(C)c1. The fraction of sp³-hybridized carbons (Fsp3) is 0.148. The van der Waals surface area contributed by atoms with Crippen molar-refractivity contribution in [2.45, 2.75) is 13.8 Å². The molecule has 0 aliphatic carbocycles. The topological polar surface area (TPSA) is 83.4 Å². The number of esters is 2. The second-order valence-electron chi connectivity index (χ2n) is 7.47. The van der Waals surface area contributed by atoms with Gasteiger partial charge in [-0.05, 0) is 68.0 Å².